The van der Waals surface area contributed by atoms with Gasteiger partial charge in [-0.15, -0.1) is 0 Å². The van der Waals surface area contributed by atoms with E-state index in [1.165, 1.54) is 0 Å². The summed E-state index contributed by atoms with van der Waals surface area (Å²) >= 11 is 0. The summed E-state index contributed by atoms with van der Waals surface area (Å²) in [4.78, 5) is 12.4. The van der Waals surface area contributed by atoms with Crippen LogP contribution in [-0.2, 0) is 4.79 Å². The van der Waals surface area contributed by atoms with Gasteiger partial charge in [-0.1, -0.05) is 5.57 Å². The first-order chi connectivity index (χ1) is 7.83. The molecule has 0 saturated heterocycles. The average Bonchev–Trinajstić information content (AvgIpc) is 3.01. The molecule has 2 nitrogen and oxygen atoms in total. The Hall–Kier alpha value is -1.15. The molecule has 17 heavy (non-hydrogen) atoms. The summed E-state index contributed by atoms with van der Waals surface area (Å²) in [7, 11) is 0. The lowest BCUT2D eigenvalue weighted by Gasteiger charge is -2.39. The first-order valence-electron chi connectivity index (χ1n) is 6.07. The van der Waals surface area contributed by atoms with E-state index in [9.17, 15) is 9.90 Å². The molecule has 3 aliphatic rings. The largest absolute Gasteiger partial charge is 0.381 e. The van der Waals surface area contributed by atoms with Gasteiger partial charge in [0.15, 0.2) is 5.78 Å². The molecule has 1 saturated carbocycles. The first kappa shape index (κ1) is 11.0. The number of ketones is 1. The van der Waals surface area contributed by atoms with Gasteiger partial charge in [0.1, 0.15) is 5.60 Å². The van der Waals surface area contributed by atoms with E-state index in [1.54, 1.807) is 6.92 Å². The van der Waals surface area contributed by atoms with E-state index in [4.69, 9.17) is 0 Å². The predicted molar refractivity (Wildman–Crippen MR) is 66.1 cm³/mol. The van der Waals surface area contributed by atoms with Crippen molar-refractivity contribution in [3.8, 4) is 0 Å². The van der Waals surface area contributed by atoms with Crippen molar-refractivity contribution in [1.29, 1.82) is 0 Å². The Kier molecular flexibility index (Phi) is 1.81. The third-order valence-corrected chi connectivity index (χ3v) is 4.87. The Balaban J connectivity index is 2.31. The minimum Gasteiger partial charge on any atom is -0.381 e. The normalized spacial score (nSPS) is 34.4. The molecule has 1 atom stereocenters. The number of rotatable bonds is 0. The molecular weight excluding hydrogens is 212 g/mol. The SMILES string of the molecule is [CH2]C1=C(C)C=C2C(=O)[C@](C)(O)C3(CC3)C(C)=C21. The molecule has 3 rings (SSSR count). The fourth-order valence-electron chi connectivity index (χ4n) is 3.41. The average molecular weight is 229 g/mol. The van der Waals surface area contributed by atoms with E-state index in [-0.39, 0.29) is 11.2 Å². The highest BCUT2D eigenvalue weighted by molar-refractivity contribution is 6.10. The number of hydrogen-bond donors (Lipinski definition) is 1. The summed E-state index contributed by atoms with van der Waals surface area (Å²) in [6.45, 7) is 9.74. The molecule has 0 aliphatic heterocycles. The van der Waals surface area contributed by atoms with E-state index in [2.05, 4.69) is 6.92 Å². The molecule has 1 spiro atoms. The maximum Gasteiger partial charge on any atom is 0.195 e. The lowest BCUT2D eigenvalue weighted by atomic mass is 9.67. The quantitative estimate of drug-likeness (QED) is 0.693. The van der Waals surface area contributed by atoms with E-state index in [0.29, 0.717) is 5.57 Å². The zero-order chi connectivity index (χ0) is 12.6. The molecule has 3 aliphatic carbocycles. The monoisotopic (exact) mass is 229 g/mol. The van der Waals surface area contributed by atoms with Gasteiger partial charge in [-0.05, 0) is 63.3 Å². The van der Waals surface area contributed by atoms with Gasteiger partial charge in [0, 0.05) is 11.0 Å². The van der Waals surface area contributed by atoms with E-state index < -0.39 is 5.60 Å². The summed E-state index contributed by atoms with van der Waals surface area (Å²) in [5, 5.41) is 10.6. The van der Waals surface area contributed by atoms with Gasteiger partial charge in [-0.25, -0.2) is 0 Å². The predicted octanol–water partition coefficient (Wildman–Crippen LogP) is 2.51. The van der Waals surface area contributed by atoms with E-state index in [1.807, 2.05) is 19.9 Å². The molecule has 2 heteroatoms. The van der Waals surface area contributed by atoms with Crippen LogP contribution < -0.4 is 0 Å². The number of aliphatic hydroxyl groups is 1. The lowest BCUT2D eigenvalue weighted by molar-refractivity contribution is -0.137. The van der Waals surface area contributed by atoms with Crippen LogP contribution in [0, 0.1) is 12.3 Å². The number of Topliss-reactive ketones (excluding diaryl/α,β-unsaturated/α-hetero) is 1. The molecule has 1 N–H and O–H groups in total. The highest BCUT2D eigenvalue weighted by atomic mass is 16.3. The lowest BCUT2D eigenvalue weighted by Crippen LogP contribution is -2.49. The van der Waals surface area contributed by atoms with Crippen LogP contribution in [0.2, 0.25) is 0 Å². The van der Waals surface area contributed by atoms with Crippen molar-refractivity contribution in [2.24, 2.45) is 5.41 Å². The fraction of sp³-hybridized carbons (Fsp3) is 0.467. The number of carbonyl (C=O) groups excluding carboxylic acids is 1. The van der Waals surface area contributed by atoms with Gasteiger partial charge in [0.05, 0.1) is 0 Å². The number of fused-ring (bicyclic) bond motifs is 1. The van der Waals surface area contributed by atoms with Gasteiger partial charge in [0.2, 0.25) is 0 Å². The third-order valence-electron chi connectivity index (χ3n) is 4.87. The number of allylic oxidation sites excluding steroid dienone is 4. The van der Waals surface area contributed by atoms with Crippen molar-refractivity contribution >= 4 is 5.78 Å². The van der Waals surface area contributed by atoms with Crippen LogP contribution in [0.4, 0.5) is 0 Å². The summed E-state index contributed by atoms with van der Waals surface area (Å²) in [5.74, 6) is -0.131. The van der Waals surface area contributed by atoms with Gasteiger partial charge >= 0.3 is 0 Å². The highest BCUT2D eigenvalue weighted by Gasteiger charge is 2.64. The molecule has 0 heterocycles. The van der Waals surface area contributed by atoms with Gasteiger partial charge in [-0.2, -0.15) is 0 Å². The Labute approximate surface area is 102 Å². The maximum atomic E-state index is 12.4. The van der Waals surface area contributed by atoms with Gasteiger partial charge < -0.3 is 5.11 Å². The van der Waals surface area contributed by atoms with E-state index in [0.717, 1.165) is 35.1 Å². The Bertz CT molecular complexity index is 537. The zero-order valence-corrected chi connectivity index (χ0v) is 10.6. The van der Waals surface area contributed by atoms with Crippen LogP contribution in [0.25, 0.3) is 0 Å². The Morgan fingerprint density at radius 1 is 1.35 bits per heavy atom. The molecule has 0 aromatic rings. The van der Waals surface area contributed by atoms with Crippen molar-refractivity contribution in [2.75, 3.05) is 0 Å². The molecular formula is C15H17O2. The summed E-state index contributed by atoms with van der Waals surface area (Å²) in [6, 6.07) is 0. The number of carbonyl (C=O) groups is 1. The van der Waals surface area contributed by atoms with Crippen LogP contribution in [-0.4, -0.2) is 16.5 Å². The second kappa shape index (κ2) is 2.81. The second-order valence-corrected chi connectivity index (χ2v) is 5.70. The standard InChI is InChI=1S/C15H17O2/c1-8-7-11-12(9(8)2)10(3)15(5-6-15)14(4,17)13(11)16/h7,17H,2,5-6H2,1,3-4H3/t14-/m0/s1. The molecule has 1 radical (unpaired) electrons. The summed E-state index contributed by atoms with van der Waals surface area (Å²) in [6.07, 6.45) is 3.68. The van der Waals surface area contributed by atoms with Crippen LogP contribution in [0.15, 0.2) is 33.9 Å². The minimum absolute atomic E-state index is 0.131. The smallest absolute Gasteiger partial charge is 0.195 e. The number of hydrogen-bond acceptors (Lipinski definition) is 2. The summed E-state index contributed by atoms with van der Waals surface area (Å²) in [5.41, 5.74) is 3.24. The molecule has 0 aromatic heterocycles. The highest BCUT2D eigenvalue weighted by Crippen LogP contribution is 2.64. The second-order valence-electron chi connectivity index (χ2n) is 5.70. The van der Waals surface area contributed by atoms with Crippen molar-refractivity contribution in [2.45, 2.75) is 39.2 Å². The zero-order valence-electron chi connectivity index (χ0n) is 10.6. The third kappa shape index (κ3) is 1.03. The van der Waals surface area contributed by atoms with Crippen molar-refractivity contribution in [1.82, 2.24) is 0 Å². The fourth-order valence-corrected chi connectivity index (χ4v) is 3.41. The van der Waals surface area contributed by atoms with Crippen LogP contribution in [0.3, 0.4) is 0 Å². The van der Waals surface area contributed by atoms with Crippen LogP contribution in [0.5, 0.6) is 0 Å². The van der Waals surface area contributed by atoms with Gasteiger partial charge in [-0.3, -0.25) is 4.79 Å². The molecule has 0 unspecified atom stereocenters. The minimum atomic E-state index is -1.24. The van der Waals surface area contributed by atoms with Crippen molar-refractivity contribution in [3.63, 3.8) is 0 Å². The molecule has 0 bridgehead atoms. The summed E-state index contributed by atoms with van der Waals surface area (Å²) < 4.78 is 0. The van der Waals surface area contributed by atoms with Crippen LogP contribution >= 0.6 is 0 Å². The van der Waals surface area contributed by atoms with Gasteiger partial charge in [0.25, 0.3) is 0 Å². The van der Waals surface area contributed by atoms with Crippen molar-refractivity contribution < 1.29 is 9.90 Å². The first-order valence-corrected chi connectivity index (χ1v) is 6.07. The van der Waals surface area contributed by atoms with E-state index >= 15 is 0 Å². The Morgan fingerprint density at radius 3 is 2.47 bits per heavy atom. The molecule has 0 amide bonds. The van der Waals surface area contributed by atoms with Crippen molar-refractivity contribution in [3.05, 3.63) is 40.9 Å². The van der Waals surface area contributed by atoms with Crippen LogP contribution in [0.1, 0.15) is 33.6 Å². The molecule has 0 aromatic carbocycles. The molecule has 1 fully saturated rings. The topological polar surface area (TPSA) is 37.3 Å². The maximum absolute atomic E-state index is 12.4. The molecule has 89 valence electrons. The Morgan fingerprint density at radius 2 is 1.94 bits per heavy atom.